The maximum atomic E-state index is 6.72. The zero-order valence-corrected chi connectivity index (χ0v) is 22.2. The van der Waals surface area contributed by atoms with E-state index in [2.05, 4.69) is 24.8 Å². The molecule has 2 fully saturated rings. The normalized spacial score (nSPS) is 19.3. The highest BCUT2D eigenvalue weighted by Crippen LogP contribution is 2.44. The zero-order valence-electron chi connectivity index (χ0n) is 19.9. The quantitative estimate of drug-likeness (QED) is 0.319. The van der Waals surface area contributed by atoms with Gasteiger partial charge in [-0.15, -0.1) is 0 Å². The summed E-state index contributed by atoms with van der Waals surface area (Å²) >= 11 is 13.9. The molecule has 13 heteroatoms. The third-order valence-electron chi connectivity index (χ3n) is 7.43. The van der Waals surface area contributed by atoms with Gasteiger partial charge in [0.2, 0.25) is 5.95 Å². The summed E-state index contributed by atoms with van der Waals surface area (Å²) in [5, 5.41) is 0.879. The number of anilines is 4. The van der Waals surface area contributed by atoms with Crippen molar-refractivity contribution in [1.82, 2.24) is 24.3 Å². The number of nitrogens with two attached hydrogens (primary N) is 3. The lowest BCUT2D eigenvalue weighted by atomic mass is 9.75. The Morgan fingerprint density at radius 2 is 1.76 bits per heavy atom. The molecule has 4 aromatic heterocycles. The first-order valence-electron chi connectivity index (χ1n) is 11.9. The van der Waals surface area contributed by atoms with Crippen molar-refractivity contribution < 1.29 is 0 Å². The fourth-order valence-corrected chi connectivity index (χ4v) is 6.70. The van der Waals surface area contributed by atoms with Gasteiger partial charge in [0.1, 0.15) is 16.8 Å². The summed E-state index contributed by atoms with van der Waals surface area (Å²) in [5.74, 6) is 1.43. The van der Waals surface area contributed by atoms with Gasteiger partial charge in [-0.05, 0) is 31.0 Å². The minimum Gasteiger partial charge on any atom is -0.383 e. The molecule has 6 heterocycles. The Kier molecular flexibility index (Phi) is 6.18. The molecule has 2 aliphatic heterocycles. The van der Waals surface area contributed by atoms with Crippen LogP contribution in [0.15, 0.2) is 52.8 Å². The van der Waals surface area contributed by atoms with E-state index in [1.165, 1.54) is 11.8 Å². The van der Waals surface area contributed by atoms with Crippen molar-refractivity contribution in [3.63, 3.8) is 0 Å². The van der Waals surface area contributed by atoms with Gasteiger partial charge in [0.05, 0.1) is 9.92 Å². The van der Waals surface area contributed by atoms with Crippen molar-refractivity contribution in [2.24, 2.45) is 11.1 Å². The summed E-state index contributed by atoms with van der Waals surface area (Å²) in [7, 11) is 0. The lowest BCUT2D eigenvalue weighted by Crippen LogP contribution is -2.49. The highest BCUT2D eigenvalue weighted by molar-refractivity contribution is 7.99. The molecule has 0 unspecified atom stereocenters. The molecule has 2 saturated heterocycles. The van der Waals surface area contributed by atoms with Crippen molar-refractivity contribution in [3.05, 3.63) is 53.2 Å². The molecule has 0 aliphatic carbocycles. The fourth-order valence-electron chi connectivity index (χ4n) is 5.37. The monoisotopic (exact) mass is 556 g/mol. The van der Waals surface area contributed by atoms with E-state index in [0.717, 1.165) is 66.1 Å². The van der Waals surface area contributed by atoms with Crippen LogP contribution in [0.25, 0.3) is 5.65 Å². The molecule has 0 bridgehead atoms. The third-order valence-corrected chi connectivity index (χ3v) is 9.30. The van der Waals surface area contributed by atoms with E-state index in [4.69, 9.17) is 45.4 Å². The first kappa shape index (κ1) is 24.4. The van der Waals surface area contributed by atoms with E-state index in [9.17, 15) is 0 Å². The van der Waals surface area contributed by atoms with Crippen LogP contribution in [0.2, 0.25) is 10.2 Å². The summed E-state index contributed by atoms with van der Waals surface area (Å²) in [4.78, 5) is 23.6. The summed E-state index contributed by atoms with van der Waals surface area (Å²) in [6.45, 7) is 3.32. The molecule has 192 valence electrons. The second-order valence-electron chi connectivity index (χ2n) is 9.53. The van der Waals surface area contributed by atoms with E-state index in [-0.39, 0.29) is 17.3 Å². The first-order chi connectivity index (χ1) is 17.8. The van der Waals surface area contributed by atoms with Gasteiger partial charge >= 0.3 is 0 Å². The van der Waals surface area contributed by atoms with Crippen LogP contribution in [0.4, 0.5) is 23.3 Å². The van der Waals surface area contributed by atoms with E-state index >= 15 is 0 Å². The molecule has 4 aromatic rings. The predicted molar refractivity (Wildman–Crippen MR) is 148 cm³/mol. The number of nitrogen functional groups attached to an aromatic ring is 2. The van der Waals surface area contributed by atoms with E-state index in [1.54, 1.807) is 24.7 Å². The molecule has 6 N–H and O–H groups in total. The lowest BCUT2D eigenvalue weighted by molar-refractivity contribution is 0.220. The molecule has 2 aliphatic rings. The molecule has 0 amide bonds. The number of nitrogens with zero attached hydrogens (tertiary/aromatic N) is 7. The van der Waals surface area contributed by atoms with Gasteiger partial charge in [-0.25, -0.2) is 15.0 Å². The second kappa shape index (κ2) is 9.39. The number of hydrogen-bond donors (Lipinski definition) is 3. The first-order valence-corrected chi connectivity index (χ1v) is 13.5. The minimum atomic E-state index is 0.0274. The molecule has 6 rings (SSSR count). The molecule has 0 radical (unpaired) electrons. The predicted octanol–water partition coefficient (Wildman–Crippen LogP) is 3.58. The van der Waals surface area contributed by atoms with Crippen LogP contribution in [-0.4, -0.2) is 56.6 Å². The van der Waals surface area contributed by atoms with Gasteiger partial charge in [0.15, 0.2) is 5.65 Å². The summed E-state index contributed by atoms with van der Waals surface area (Å²) in [5.41, 5.74) is 20.9. The molecule has 1 atom stereocenters. The molecule has 0 aromatic carbocycles. The molecular formula is C24H26Cl2N10S. The van der Waals surface area contributed by atoms with Crippen LogP contribution >= 0.6 is 35.0 Å². The van der Waals surface area contributed by atoms with Gasteiger partial charge in [-0.2, -0.15) is 4.98 Å². The van der Waals surface area contributed by atoms with Crippen LogP contribution in [0.3, 0.4) is 0 Å². The second-order valence-corrected chi connectivity index (χ2v) is 11.3. The van der Waals surface area contributed by atoms with Gasteiger partial charge in [0.25, 0.3) is 0 Å². The van der Waals surface area contributed by atoms with E-state index in [0.29, 0.717) is 16.0 Å². The topological polar surface area (TPSA) is 141 Å². The molecule has 10 nitrogen and oxygen atoms in total. The Labute approximate surface area is 228 Å². The number of pyridine rings is 2. The SMILES string of the molecule is Nc1nccc(Sc2c(N)nc(N3CCC4(CC3)CN(c3ccnc(Cl)c3)C[C@H]4N)n3ccnc23)c1Cl. The Morgan fingerprint density at radius 3 is 2.54 bits per heavy atom. The number of piperidine rings is 1. The average molecular weight is 558 g/mol. The van der Waals surface area contributed by atoms with Gasteiger partial charge in [0, 0.05) is 73.0 Å². The van der Waals surface area contributed by atoms with Crippen molar-refractivity contribution in [1.29, 1.82) is 0 Å². The standard InChI is InChI=1S/C24H26Cl2N10S/c25-17-11-14(1-5-30-17)35-12-16(27)24(13-35)3-8-34(9-4-24)23-33-21(29)19(22-32-7-10-36(22)23)37-15-2-6-31-20(28)18(15)26/h1-2,5-7,10-11,16H,3-4,8-9,12-13,27,29H2,(H2,28,31)/t16-/m1/s1. The Morgan fingerprint density at radius 1 is 0.973 bits per heavy atom. The summed E-state index contributed by atoms with van der Waals surface area (Å²) in [6.07, 6.45) is 8.91. The van der Waals surface area contributed by atoms with Gasteiger partial charge < -0.3 is 27.0 Å². The van der Waals surface area contributed by atoms with Gasteiger partial charge in [-0.1, -0.05) is 35.0 Å². The molecular weight excluding hydrogens is 531 g/mol. The lowest BCUT2D eigenvalue weighted by Gasteiger charge is -2.42. The zero-order chi connectivity index (χ0) is 25.7. The van der Waals surface area contributed by atoms with Gasteiger partial charge in [-0.3, -0.25) is 4.40 Å². The van der Waals surface area contributed by atoms with Crippen molar-refractivity contribution in [3.8, 4) is 0 Å². The number of imidazole rings is 1. The third kappa shape index (κ3) is 4.29. The number of hydrogen-bond acceptors (Lipinski definition) is 10. The number of rotatable bonds is 4. The van der Waals surface area contributed by atoms with Crippen LogP contribution in [0.5, 0.6) is 0 Å². The molecule has 0 saturated carbocycles. The van der Waals surface area contributed by atoms with E-state index < -0.39 is 0 Å². The van der Waals surface area contributed by atoms with Crippen LogP contribution < -0.4 is 27.0 Å². The largest absolute Gasteiger partial charge is 0.383 e. The van der Waals surface area contributed by atoms with Crippen molar-refractivity contribution in [2.75, 3.05) is 47.4 Å². The Hall–Kier alpha value is -2.99. The maximum absolute atomic E-state index is 6.72. The Bertz CT molecular complexity index is 1470. The molecule has 1 spiro atoms. The van der Waals surface area contributed by atoms with Crippen molar-refractivity contribution >= 4 is 63.9 Å². The van der Waals surface area contributed by atoms with E-state index in [1.807, 2.05) is 22.7 Å². The summed E-state index contributed by atoms with van der Waals surface area (Å²) in [6, 6.07) is 5.76. The highest BCUT2D eigenvalue weighted by Gasteiger charge is 2.47. The van der Waals surface area contributed by atoms with Crippen molar-refractivity contribution in [2.45, 2.75) is 28.7 Å². The number of fused-ring (bicyclic) bond motifs is 1. The number of aromatic nitrogens is 5. The summed E-state index contributed by atoms with van der Waals surface area (Å²) < 4.78 is 1.98. The molecule has 37 heavy (non-hydrogen) atoms. The highest BCUT2D eigenvalue weighted by atomic mass is 35.5. The Balaban J connectivity index is 1.24. The van der Waals surface area contributed by atoms with Crippen LogP contribution in [0, 0.1) is 5.41 Å². The minimum absolute atomic E-state index is 0.0274. The van der Waals surface area contributed by atoms with Crippen LogP contribution in [0.1, 0.15) is 12.8 Å². The average Bonchev–Trinajstić information content (AvgIpc) is 3.49. The fraction of sp³-hybridized carbons (Fsp3) is 0.333. The smallest absolute Gasteiger partial charge is 0.213 e. The van der Waals surface area contributed by atoms with Crippen LogP contribution in [-0.2, 0) is 0 Å². The maximum Gasteiger partial charge on any atom is 0.213 e. The number of halogens is 2.